The summed E-state index contributed by atoms with van der Waals surface area (Å²) in [6.45, 7) is 0.983. The third-order valence-electron chi connectivity index (χ3n) is 2.06. The van der Waals surface area contributed by atoms with E-state index in [1.165, 1.54) is 6.07 Å². The molecule has 0 atom stereocenters. The van der Waals surface area contributed by atoms with Crippen LogP contribution in [0.25, 0.3) is 0 Å². The lowest BCUT2D eigenvalue weighted by atomic mass is 10.0. The van der Waals surface area contributed by atoms with Gasteiger partial charge in [-0.25, -0.2) is 4.39 Å². The quantitative estimate of drug-likeness (QED) is 0.722. The lowest BCUT2D eigenvalue weighted by Crippen LogP contribution is -2.12. The van der Waals surface area contributed by atoms with Gasteiger partial charge in [0, 0.05) is 11.0 Å². The van der Waals surface area contributed by atoms with E-state index >= 15 is 0 Å². The Bertz CT molecular complexity index is 312. The molecular formula is C9H9BrFN. The highest BCUT2D eigenvalue weighted by Gasteiger charge is 2.12. The first-order chi connectivity index (χ1) is 5.77. The fourth-order valence-electron chi connectivity index (χ4n) is 1.51. The van der Waals surface area contributed by atoms with E-state index in [9.17, 15) is 4.39 Å². The monoisotopic (exact) mass is 229 g/mol. The minimum Gasteiger partial charge on any atom is -0.384 e. The van der Waals surface area contributed by atoms with Crippen LogP contribution < -0.4 is 5.32 Å². The Labute approximate surface area is 79.1 Å². The van der Waals surface area contributed by atoms with Crippen LogP contribution >= 0.6 is 15.9 Å². The first-order valence-electron chi connectivity index (χ1n) is 3.99. The van der Waals surface area contributed by atoms with E-state index < -0.39 is 0 Å². The molecule has 0 saturated heterocycles. The Morgan fingerprint density at radius 2 is 2.25 bits per heavy atom. The van der Waals surface area contributed by atoms with Gasteiger partial charge in [0.2, 0.25) is 0 Å². The summed E-state index contributed by atoms with van der Waals surface area (Å²) in [7, 11) is 0. The molecule has 1 nitrogen and oxygen atoms in total. The molecule has 0 spiro atoms. The second-order valence-corrected chi connectivity index (χ2v) is 3.81. The van der Waals surface area contributed by atoms with Gasteiger partial charge in [0.25, 0.3) is 0 Å². The SMILES string of the molecule is Fc1cc(Br)c2c(c1)CCCN2. The van der Waals surface area contributed by atoms with Gasteiger partial charge in [-0.15, -0.1) is 0 Å². The third kappa shape index (κ3) is 1.33. The number of anilines is 1. The summed E-state index contributed by atoms with van der Waals surface area (Å²) >= 11 is 3.33. The molecule has 1 aliphatic rings. The highest BCUT2D eigenvalue weighted by Crippen LogP contribution is 2.31. The Balaban J connectivity index is 2.53. The maximum absolute atomic E-state index is 12.9. The van der Waals surface area contributed by atoms with Crippen molar-refractivity contribution < 1.29 is 4.39 Å². The molecule has 1 aromatic carbocycles. The van der Waals surface area contributed by atoms with Crippen molar-refractivity contribution in [2.45, 2.75) is 12.8 Å². The number of halogens is 2. The van der Waals surface area contributed by atoms with E-state index in [1.807, 2.05) is 0 Å². The van der Waals surface area contributed by atoms with Crippen LogP contribution in [0.4, 0.5) is 10.1 Å². The smallest absolute Gasteiger partial charge is 0.124 e. The standard InChI is InChI=1S/C9H9BrFN/c10-8-5-7(11)4-6-2-1-3-12-9(6)8/h4-5,12H,1-3H2. The molecule has 0 unspecified atom stereocenters. The van der Waals surface area contributed by atoms with Gasteiger partial charge in [0.15, 0.2) is 0 Å². The van der Waals surface area contributed by atoms with Crippen LogP contribution in [0.1, 0.15) is 12.0 Å². The van der Waals surface area contributed by atoms with Crippen LogP contribution in [0.5, 0.6) is 0 Å². The molecular weight excluding hydrogens is 221 g/mol. The van der Waals surface area contributed by atoms with Crippen molar-refractivity contribution in [2.24, 2.45) is 0 Å². The van der Waals surface area contributed by atoms with Gasteiger partial charge >= 0.3 is 0 Å². The molecule has 0 amide bonds. The first-order valence-corrected chi connectivity index (χ1v) is 4.78. The van der Waals surface area contributed by atoms with Gasteiger partial charge in [0.1, 0.15) is 5.82 Å². The fourth-order valence-corrected chi connectivity index (χ4v) is 2.13. The van der Waals surface area contributed by atoms with E-state index in [0.717, 1.165) is 35.1 Å². The Morgan fingerprint density at radius 1 is 1.42 bits per heavy atom. The van der Waals surface area contributed by atoms with Crippen molar-refractivity contribution in [1.82, 2.24) is 0 Å². The van der Waals surface area contributed by atoms with Gasteiger partial charge in [-0.2, -0.15) is 0 Å². The highest BCUT2D eigenvalue weighted by atomic mass is 79.9. The molecule has 1 aliphatic heterocycles. The van der Waals surface area contributed by atoms with Crippen LogP contribution in [-0.4, -0.2) is 6.54 Å². The van der Waals surface area contributed by atoms with Crippen molar-refractivity contribution in [3.05, 3.63) is 28.0 Å². The predicted octanol–water partition coefficient (Wildman–Crippen LogP) is 2.95. The average molecular weight is 230 g/mol. The van der Waals surface area contributed by atoms with E-state index in [4.69, 9.17) is 0 Å². The van der Waals surface area contributed by atoms with Gasteiger partial charge in [-0.3, -0.25) is 0 Å². The van der Waals surface area contributed by atoms with Crippen molar-refractivity contribution >= 4 is 21.6 Å². The van der Waals surface area contributed by atoms with Crippen LogP contribution in [0.3, 0.4) is 0 Å². The number of hydrogen-bond donors (Lipinski definition) is 1. The second kappa shape index (κ2) is 3.05. The summed E-state index contributed by atoms with van der Waals surface area (Å²) in [5, 5.41) is 3.24. The van der Waals surface area contributed by atoms with E-state index in [0.29, 0.717) is 0 Å². The maximum atomic E-state index is 12.9. The van der Waals surface area contributed by atoms with E-state index in [1.54, 1.807) is 6.07 Å². The molecule has 1 N–H and O–H groups in total. The molecule has 3 heteroatoms. The lowest BCUT2D eigenvalue weighted by molar-refractivity contribution is 0.622. The maximum Gasteiger partial charge on any atom is 0.124 e. The van der Waals surface area contributed by atoms with Gasteiger partial charge in [-0.1, -0.05) is 0 Å². The van der Waals surface area contributed by atoms with E-state index in [-0.39, 0.29) is 5.82 Å². The number of fused-ring (bicyclic) bond motifs is 1. The number of benzene rings is 1. The second-order valence-electron chi connectivity index (χ2n) is 2.95. The molecule has 0 saturated carbocycles. The summed E-state index contributed by atoms with van der Waals surface area (Å²) in [5.41, 5.74) is 2.13. The zero-order chi connectivity index (χ0) is 8.55. The molecule has 0 bridgehead atoms. The summed E-state index contributed by atoms with van der Waals surface area (Å²) in [4.78, 5) is 0. The van der Waals surface area contributed by atoms with Crippen LogP contribution in [0.15, 0.2) is 16.6 Å². The molecule has 12 heavy (non-hydrogen) atoms. The van der Waals surface area contributed by atoms with Crippen molar-refractivity contribution in [1.29, 1.82) is 0 Å². The Morgan fingerprint density at radius 3 is 3.08 bits per heavy atom. The number of nitrogens with one attached hydrogen (secondary N) is 1. The minimum atomic E-state index is -0.163. The fraction of sp³-hybridized carbons (Fsp3) is 0.333. The molecule has 0 aromatic heterocycles. The number of rotatable bonds is 0. The lowest BCUT2D eigenvalue weighted by Gasteiger charge is -2.19. The van der Waals surface area contributed by atoms with Crippen molar-refractivity contribution in [3.63, 3.8) is 0 Å². The summed E-state index contributed by atoms with van der Waals surface area (Å²) in [6, 6.07) is 3.10. The summed E-state index contributed by atoms with van der Waals surface area (Å²) in [6.07, 6.45) is 2.06. The molecule has 1 heterocycles. The molecule has 0 fully saturated rings. The van der Waals surface area contributed by atoms with E-state index in [2.05, 4.69) is 21.2 Å². The Hall–Kier alpha value is -0.570. The predicted molar refractivity (Wildman–Crippen MR) is 50.9 cm³/mol. The Kier molecular flexibility index (Phi) is 2.05. The molecule has 0 aliphatic carbocycles. The number of aryl methyl sites for hydroxylation is 1. The zero-order valence-corrected chi connectivity index (χ0v) is 8.12. The van der Waals surface area contributed by atoms with Crippen molar-refractivity contribution in [3.8, 4) is 0 Å². The van der Waals surface area contributed by atoms with Crippen LogP contribution in [0.2, 0.25) is 0 Å². The van der Waals surface area contributed by atoms with Crippen molar-refractivity contribution in [2.75, 3.05) is 11.9 Å². The molecule has 64 valence electrons. The molecule has 0 radical (unpaired) electrons. The molecule has 2 rings (SSSR count). The van der Waals surface area contributed by atoms with Gasteiger partial charge < -0.3 is 5.32 Å². The normalized spacial score (nSPS) is 15.2. The zero-order valence-electron chi connectivity index (χ0n) is 6.53. The average Bonchev–Trinajstić information content (AvgIpc) is 2.04. The summed E-state index contributed by atoms with van der Waals surface area (Å²) in [5.74, 6) is -0.163. The third-order valence-corrected chi connectivity index (χ3v) is 2.69. The first kappa shape index (κ1) is 8.05. The van der Waals surface area contributed by atoms with Gasteiger partial charge in [-0.05, 0) is 46.5 Å². The highest BCUT2D eigenvalue weighted by molar-refractivity contribution is 9.10. The number of hydrogen-bond acceptors (Lipinski definition) is 1. The largest absolute Gasteiger partial charge is 0.384 e. The summed E-state index contributed by atoms with van der Waals surface area (Å²) < 4.78 is 13.7. The molecule has 1 aromatic rings. The minimum absolute atomic E-state index is 0.163. The topological polar surface area (TPSA) is 12.0 Å². The van der Waals surface area contributed by atoms with Gasteiger partial charge in [0.05, 0.1) is 5.69 Å². The van der Waals surface area contributed by atoms with Crippen LogP contribution in [0, 0.1) is 5.82 Å². The van der Waals surface area contributed by atoms with Crippen LogP contribution in [-0.2, 0) is 6.42 Å².